The number of imide groups is 1. The lowest BCUT2D eigenvalue weighted by molar-refractivity contribution is -0.136. The molecule has 1 unspecified atom stereocenters. The topological polar surface area (TPSA) is 202 Å². The highest BCUT2D eigenvalue weighted by atomic mass is 35.5. The van der Waals surface area contributed by atoms with Crippen LogP contribution < -0.4 is 36.8 Å². The summed E-state index contributed by atoms with van der Waals surface area (Å²) in [6.45, 7) is 5.12. The zero-order chi connectivity index (χ0) is 46.7. The largest absolute Gasteiger partial charge is 0.380 e. The summed E-state index contributed by atoms with van der Waals surface area (Å²) in [5.41, 5.74) is 5.12. The minimum absolute atomic E-state index is 0.00789. The first-order valence-electron chi connectivity index (χ1n) is 23.0. The van der Waals surface area contributed by atoms with Crippen LogP contribution in [0.4, 0.5) is 33.6 Å². The maximum absolute atomic E-state index is 13.2. The number of piperidine rings is 1. The number of hydrogen-bond acceptors (Lipinski definition) is 12. The fourth-order valence-corrected chi connectivity index (χ4v) is 8.99. The molecule has 17 nitrogen and oxygen atoms in total. The third kappa shape index (κ3) is 12.0. The number of benzene rings is 3. The zero-order valence-electron chi connectivity index (χ0n) is 37.5. The van der Waals surface area contributed by atoms with Crippen LogP contribution in [-0.4, -0.2) is 121 Å². The molecule has 8 rings (SSSR count). The molecule has 4 aromatic rings. The Balaban J connectivity index is 0.675. The molecule has 18 heteroatoms. The number of rotatable bonds is 15. The number of aromatic nitrogens is 2. The number of halogens is 1. The number of hydrogen-bond donors (Lipinski definition) is 6. The van der Waals surface area contributed by atoms with Crippen molar-refractivity contribution in [3.63, 3.8) is 0 Å². The lowest BCUT2D eigenvalue weighted by Gasteiger charge is -2.37. The number of amides is 6. The average Bonchev–Trinajstić information content (AvgIpc) is 3.67. The number of para-hydroxylation sites is 1. The summed E-state index contributed by atoms with van der Waals surface area (Å²) in [6, 6.07) is 20.6. The highest BCUT2D eigenvalue weighted by Gasteiger charge is 2.39. The predicted octanol–water partition coefficient (Wildman–Crippen LogP) is 5.32. The Kier molecular flexibility index (Phi) is 15.5. The fraction of sp³-hybridized carbons (Fsp3) is 0.408. The summed E-state index contributed by atoms with van der Waals surface area (Å²) in [5.74, 6) is 5.89. The Labute approximate surface area is 395 Å². The van der Waals surface area contributed by atoms with Crippen LogP contribution >= 0.6 is 11.6 Å². The molecule has 4 aliphatic rings. The van der Waals surface area contributed by atoms with Gasteiger partial charge in [0.05, 0.1) is 24.1 Å². The van der Waals surface area contributed by atoms with Gasteiger partial charge in [0.15, 0.2) is 5.82 Å². The minimum atomic E-state index is -0.631. The molecular formula is C49H56ClN11O6. The number of carbonyl (C=O) groups excluding carboxylic acids is 5. The number of anilines is 5. The molecule has 1 atom stereocenters. The van der Waals surface area contributed by atoms with Gasteiger partial charge >= 0.3 is 6.03 Å². The second-order valence-electron chi connectivity index (χ2n) is 17.0. The average molecular weight is 931 g/mol. The third-order valence-corrected chi connectivity index (χ3v) is 12.8. The van der Waals surface area contributed by atoms with Crippen LogP contribution in [0.2, 0.25) is 5.02 Å². The van der Waals surface area contributed by atoms with Gasteiger partial charge in [0, 0.05) is 93.8 Å². The van der Waals surface area contributed by atoms with E-state index in [1.54, 1.807) is 36.2 Å². The van der Waals surface area contributed by atoms with Crippen molar-refractivity contribution >= 4 is 70.1 Å². The van der Waals surface area contributed by atoms with Crippen molar-refractivity contribution in [3.05, 3.63) is 100 Å². The van der Waals surface area contributed by atoms with E-state index in [4.69, 9.17) is 16.3 Å². The Hall–Kier alpha value is -6.74. The highest BCUT2D eigenvalue weighted by molar-refractivity contribution is 6.33. The van der Waals surface area contributed by atoms with Crippen molar-refractivity contribution in [2.45, 2.75) is 76.0 Å². The maximum atomic E-state index is 13.2. The molecule has 0 spiro atoms. The van der Waals surface area contributed by atoms with Crippen molar-refractivity contribution in [3.8, 4) is 11.8 Å². The van der Waals surface area contributed by atoms with Crippen LogP contribution in [0.3, 0.4) is 0 Å². The summed E-state index contributed by atoms with van der Waals surface area (Å²) in [6.07, 6.45) is 7.48. The lowest BCUT2D eigenvalue weighted by atomic mass is 9.91. The Morgan fingerprint density at radius 2 is 1.69 bits per heavy atom. The molecule has 3 aromatic carbocycles. The number of carbonyl (C=O) groups is 5. The molecule has 67 heavy (non-hydrogen) atoms. The molecule has 6 amide bonds. The first kappa shape index (κ1) is 46.8. The third-order valence-electron chi connectivity index (χ3n) is 12.5. The van der Waals surface area contributed by atoms with Gasteiger partial charge in [-0.25, -0.2) is 9.78 Å². The second kappa shape index (κ2) is 22.2. The smallest absolute Gasteiger partial charge is 0.317 e. The molecular weight excluding hydrogens is 874 g/mol. The van der Waals surface area contributed by atoms with E-state index < -0.39 is 11.9 Å². The lowest BCUT2D eigenvalue weighted by Crippen LogP contribution is -2.54. The number of nitrogens with zero attached hydrogens (tertiary/aromatic N) is 5. The number of piperazine rings is 1. The molecule has 0 bridgehead atoms. The summed E-state index contributed by atoms with van der Waals surface area (Å²) >= 11 is 6.41. The van der Waals surface area contributed by atoms with Crippen molar-refractivity contribution in [1.82, 2.24) is 41.0 Å². The first-order chi connectivity index (χ1) is 32.6. The van der Waals surface area contributed by atoms with Crippen molar-refractivity contribution in [2.75, 3.05) is 68.5 Å². The van der Waals surface area contributed by atoms with E-state index in [0.717, 1.165) is 74.2 Å². The summed E-state index contributed by atoms with van der Waals surface area (Å²) in [4.78, 5) is 77.0. The number of nitrogens with one attached hydrogen (secondary N) is 6. The van der Waals surface area contributed by atoms with Crippen LogP contribution in [-0.2, 0) is 20.9 Å². The van der Waals surface area contributed by atoms with E-state index in [1.807, 2.05) is 47.4 Å². The van der Waals surface area contributed by atoms with Crippen molar-refractivity contribution in [2.24, 2.45) is 0 Å². The molecule has 1 aliphatic carbocycles. The SMILES string of the molecule is CNC(=O)c1ccccc1Nc1nc(Nc2ccc(N3CCN(C(=O)NC4CCC(NCCCOCCC#Cc5ccc6c(c5)CN(C5CCC(=O)NC5=O)C6=O)CC4)CC3)cc2)ncc1Cl. The van der Waals surface area contributed by atoms with Gasteiger partial charge in [-0.1, -0.05) is 35.6 Å². The molecule has 3 aliphatic heterocycles. The summed E-state index contributed by atoms with van der Waals surface area (Å²) < 4.78 is 5.82. The van der Waals surface area contributed by atoms with E-state index in [0.29, 0.717) is 85.3 Å². The predicted molar refractivity (Wildman–Crippen MR) is 256 cm³/mol. The van der Waals surface area contributed by atoms with Gasteiger partial charge < -0.3 is 46.0 Å². The molecule has 4 heterocycles. The summed E-state index contributed by atoms with van der Waals surface area (Å²) in [7, 11) is 1.58. The highest BCUT2D eigenvalue weighted by Crippen LogP contribution is 2.30. The number of ether oxygens (including phenoxy) is 1. The van der Waals surface area contributed by atoms with Crippen molar-refractivity contribution in [1.29, 1.82) is 0 Å². The maximum Gasteiger partial charge on any atom is 0.317 e. The van der Waals surface area contributed by atoms with Gasteiger partial charge in [-0.2, -0.15) is 4.98 Å². The van der Waals surface area contributed by atoms with Gasteiger partial charge in [0.1, 0.15) is 11.1 Å². The Morgan fingerprint density at radius 1 is 0.910 bits per heavy atom. The molecule has 0 radical (unpaired) electrons. The van der Waals surface area contributed by atoms with Crippen molar-refractivity contribution < 1.29 is 28.7 Å². The van der Waals surface area contributed by atoms with E-state index in [1.165, 1.54) is 6.20 Å². The van der Waals surface area contributed by atoms with Gasteiger partial charge in [-0.15, -0.1) is 0 Å². The molecule has 3 fully saturated rings. The standard InChI is InChI=1S/C49H56ClN11O6/c1-51-45(63)39-8-2-3-9-41(39)56-44-40(50)30-53-48(58-44)54-35-15-17-37(18-16-35)59-23-25-60(26-24-59)49(66)55-36-13-11-34(12-14-36)52-22-6-28-67-27-5-4-7-32-10-19-38-33(29-32)31-61(47(38)65)42-20-21-43(62)57-46(42)64/h2-3,8-10,15-19,29-30,34,36,42,52H,5-6,11-14,20-28,31H2,1H3,(H,51,63)(H,55,66)(H,57,62,64)(H2,53,54,56,58). The normalized spacial score (nSPS) is 19.2. The minimum Gasteiger partial charge on any atom is -0.380 e. The monoisotopic (exact) mass is 929 g/mol. The molecule has 2 saturated heterocycles. The van der Waals surface area contributed by atoms with Gasteiger partial charge in [-0.05, 0) is 105 Å². The fourth-order valence-electron chi connectivity index (χ4n) is 8.85. The van der Waals surface area contributed by atoms with Gasteiger partial charge in [-0.3, -0.25) is 24.5 Å². The van der Waals surface area contributed by atoms with Crippen LogP contribution in [0.1, 0.15) is 83.2 Å². The Morgan fingerprint density at radius 3 is 2.46 bits per heavy atom. The zero-order valence-corrected chi connectivity index (χ0v) is 38.3. The van der Waals surface area contributed by atoms with Crippen LogP contribution in [0.25, 0.3) is 0 Å². The quantitative estimate of drug-likeness (QED) is 0.0510. The van der Waals surface area contributed by atoms with E-state index in [-0.39, 0.29) is 36.2 Å². The van der Waals surface area contributed by atoms with Crippen LogP contribution in [0, 0.1) is 11.8 Å². The second-order valence-corrected chi connectivity index (χ2v) is 17.4. The molecule has 1 aromatic heterocycles. The van der Waals surface area contributed by atoms with Gasteiger partial charge in [0.2, 0.25) is 17.8 Å². The van der Waals surface area contributed by atoms with Crippen LogP contribution in [0.5, 0.6) is 0 Å². The Bertz CT molecular complexity index is 2510. The number of fused-ring (bicyclic) bond motifs is 1. The van der Waals surface area contributed by atoms with Crippen LogP contribution in [0.15, 0.2) is 72.9 Å². The molecule has 350 valence electrons. The molecule has 6 N–H and O–H groups in total. The summed E-state index contributed by atoms with van der Waals surface area (Å²) in [5, 5.41) is 18.6. The number of urea groups is 1. The van der Waals surface area contributed by atoms with Gasteiger partial charge in [0.25, 0.3) is 11.8 Å². The van der Waals surface area contributed by atoms with E-state index >= 15 is 0 Å². The van der Waals surface area contributed by atoms with E-state index in [2.05, 4.69) is 58.6 Å². The molecule has 1 saturated carbocycles. The first-order valence-corrected chi connectivity index (χ1v) is 23.4. The van der Waals surface area contributed by atoms with E-state index in [9.17, 15) is 24.0 Å².